The van der Waals surface area contributed by atoms with Gasteiger partial charge >= 0.3 is 0 Å². The van der Waals surface area contributed by atoms with Crippen LogP contribution in [-0.2, 0) is 19.9 Å². The summed E-state index contributed by atoms with van der Waals surface area (Å²) in [5.74, 6) is 5.65. The van der Waals surface area contributed by atoms with E-state index in [1.165, 1.54) is 16.8 Å². The van der Waals surface area contributed by atoms with Gasteiger partial charge in [0.05, 0.1) is 11.0 Å². The van der Waals surface area contributed by atoms with Crippen molar-refractivity contribution in [2.75, 3.05) is 25.6 Å². The minimum Gasteiger partial charge on any atom is -0.271 e. The third kappa shape index (κ3) is 4.62. The van der Waals surface area contributed by atoms with Crippen LogP contribution < -0.4 is 11.3 Å². The third-order valence-electron chi connectivity index (χ3n) is 4.52. The van der Waals surface area contributed by atoms with Crippen molar-refractivity contribution in [2.45, 2.75) is 43.9 Å². The molecule has 9 heteroatoms. The third-order valence-corrected chi connectivity index (χ3v) is 7.98. The van der Waals surface area contributed by atoms with E-state index in [0.29, 0.717) is 19.5 Å². The highest BCUT2D eigenvalue weighted by atomic mass is 32.2. The lowest BCUT2D eigenvalue weighted by Gasteiger charge is -2.37. The Balaban J connectivity index is 2.83. The molecule has 0 aromatic rings. The van der Waals surface area contributed by atoms with Crippen LogP contribution in [0, 0.1) is 5.92 Å². The molecule has 1 aliphatic rings. The molecule has 0 aromatic heterocycles. The van der Waals surface area contributed by atoms with Crippen LogP contribution >= 0.6 is 0 Å². The Labute approximate surface area is 128 Å². The van der Waals surface area contributed by atoms with E-state index in [0.717, 1.165) is 12.8 Å². The molecule has 0 spiro atoms. The topological polar surface area (TPSA) is 110 Å². The van der Waals surface area contributed by atoms with Gasteiger partial charge in [-0.15, -0.1) is 0 Å². The Morgan fingerprint density at radius 1 is 1.29 bits per heavy atom. The molecule has 7 nitrogen and oxygen atoms in total. The Morgan fingerprint density at radius 2 is 1.86 bits per heavy atom. The molecule has 1 heterocycles. The van der Waals surface area contributed by atoms with Crippen molar-refractivity contribution in [3.8, 4) is 0 Å². The van der Waals surface area contributed by atoms with E-state index in [2.05, 4.69) is 5.43 Å². The average Bonchev–Trinajstić information content (AvgIpc) is 2.33. The first-order valence-corrected chi connectivity index (χ1v) is 10.7. The van der Waals surface area contributed by atoms with Crippen LogP contribution in [0.3, 0.4) is 0 Å². The van der Waals surface area contributed by atoms with Crippen molar-refractivity contribution in [3.63, 3.8) is 0 Å². The monoisotopic (exact) mass is 341 g/mol. The van der Waals surface area contributed by atoms with Crippen LogP contribution in [0.4, 0.5) is 0 Å². The lowest BCUT2D eigenvalue weighted by Crippen LogP contribution is -2.55. The van der Waals surface area contributed by atoms with E-state index in [4.69, 9.17) is 5.84 Å². The molecule has 2 atom stereocenters. The number of rotatable bonds is 6. The molecular formula is C12H27N3O4S2. The highest BCUT2D eigenvalue weighted by molar-refractivity contribution is 7.92. The van der Waals surface area contributed by atoms with Crippen molar-refractivity contribution >= 4 is 19.9 Å². The van der Waals surface area contributed by atoms with Crippen LogP contribution in [0.25, 0.3) is 0 Å². The molecule has 0 bridgehead atoms. The summed E-state index contributed by atoms with van der Waals surface area (Å²) in [4.78, 5) is 0. The Kier molecular flexibility index (Phi) is 5.82. The van der Waals surface area contributed by atoms with Gasteiger partial charge in [0.1, 0.15) is 0 Å². The molecule has 0 aliphatic carbocycles. The van der Waals surface area contributed by atoms with E-state index in [1.54, 1.807) is 13.8 Å². The Morgan fingerprint density at radius 3 is 2.29 bits per heavy atom. The Bertz CT molecular complexity index is 557. The Hall–Kier alpha value is -0.220. The molecule has 21 heavy (non-hydrogen) atoms. The van der Waals surface area contributed by atoms with Gasteiger partial charge in [-0.2, -0.15) is 0 Å². The number of sulfone groups is 1. The van der Waals surface area contributed by atoms with Crippen molar-refractivity contribution in [3.05, 3.63) is 0 Å². The zero-order valence-electron chi connectivity index (χ0n) is 13.2. The number of nitrogens with zero attached hydrogens (tertiary/aromatic N) is 1. The number of hydrogen-bond donors (Lipinski definition) is 2. The van der Waals surface area contributed by atoms with Gasteiger partial charge in [0.15, 0.2) is 9.84 Å². The lowest BCUT2D eigenvalue weighted by atomic mass is 9.88. The summed E-state index contributed by atoms with van der Waals surface area (Å²) in [7, 11) is -6.48. The largest absolute Gasteiger partial charge is 0.271 e. The van der Waals surface area contributed by atoms with E-state index in [9.17, 15) is 16.8 Å². The summed E-state index contributed by atoms with van der Waals surface area (Å²) in [5.41, 5.74) is 2.60. The number of piperidine rings is 1. The summed E-state index contributed by atoms with van der Waals surface area (Å²) in [6.45, 7) is 4.25. The summed E-state index contributed by atoms with van der Waals surface area (Å²) in [6, 6.07) is -0.419. The van der Waals surface area contributed by atoms with E-state index in [-0.39, 0.29) is 5.92 Å². The molecular weight excluding hydrogens is 314 g/mol. The maximum atomic E-state index is 11.9. The average molecular weight is 341 g/mol. The molecule has 0 radical (unpaired) electrons. The van der Waals surface area contributed by atoms with E-state index >= 15 is 0 Å². The first kappa shape index (κ1) is 18.8. The van der Waals surface area contributed by atoms with Crippen LogP contribution in [0.15, 0.2) is 0 Å². The molecule has 0 amide bonds. The second-order valence-corrected chi connectivity index (χ2v) is 11.0. The van der Waals surface area contributed by atoms with Crippen LogP contribution in [0.1, 0.15) is 33.1 Å². The minimum atomic E-state index is -3.28. The summed E-state index contributed by atoms with van der Waals surface area (Å²) < 4.78 is 47.6. The maximum Gasteiger partial charge on any atom is 0.211 e. The number of hydrogen-bond acceptors (Lipinski definition) is 6. The lowest BCUT2D eigenvalue weighted by molar-refractivity contribution is 0.226. The van der Waals surface area contributed by atoms with Gasteiger partial charge in [-0.25, -0.2) is 21.1 Å². The molecule has 3 N–H and O–H groups in total. The predicted molar refractivity (Wildman–Crippen MR) is 83.8 cm³/mol. The molecule has 1 fully saturated rings. The fourth-order valence-electron chi connectivity index (χ4n) is 2.66. The van der Waals surface area contributed by atoms with Crippen LogP contribution in [0.2, 0.25) is 0 Å². The van der Waals surface area contributed by atoms with E-state index < -0.39 is 30.6 Å². The molecule has 1 saturated heterocycles. The number of nitrogens with one attached hydrogen (secondary N) is 1. The molecule has 126 valence electrons. The standard InChI is InChI=1S/C12H27N3O4S2/c1-12(2,20(3,16)17)11(14-13)8-10-6-5-7-15(9-10)21(4,18)19/h10-11,14H,5-9,13H2,1-4H3. The summed E-state index contributed by atoms with van der Waals surface area (Å²) in [6.07, 6.45) is 4.59. The predicted octanol–water partition coefficient (Wildman–Crippen LogP) is -0.297. The van der Waals surface area contributed by atoms with Gasteiger partial charge in [-0.1, -0.05) is 0 Å². The molecule has 1 rings (SSSR count). The number of sulfonamides is 1. The molecule has 0 saturated carbocycles. The van der Waals surface area contributed by atoms with Crippen molar-refractivity contribution in [2.24, 2.45) is 11.8 Å². The normalized spacial score (nSPS) is 24.0. The van der Waals surface area contributed by atoms with Crippen molar-refractivity contribution in [1.82, 2.24) is 9.73 Å². The van der Waals surface area contributed by atoms with Crippen molar-refractivity contribution in [1.29, 1.82) is 0 Å². The molecule has 2 unspecified atom stereocenters. The summed E-state index contributed by atoms with van der Waals surface area (Å²) >= 11 is 0. The van der Waals surface area contributed by atoms with Crippen LogP contribution in [0.5, 0.6) is 0 Å². The fraction of sp³-hybridized carbons (Fsp3) is 1.00. The minimum absolute atomic E-state index is 0.107. The van der Waals surface area contributed by atoms with Gasteiger partial charge in [0, 0.05) is 25.4 Å². The molecule has 0 aromatic carbocycles. The second kappa shape index (κ2) is 6.49. The number of nitrogens with two attached hydrogens (primary N) is 1. The summed E-state index contributed by atoms with van der Waals surface area (Å²) in [5, 5.41) is 0. The highest BCUT2D eigenvalue weighted by Gasteiger charge is 2.40. The maximum absolute atomic E-state index is 11.9. The van der Waals surface area contributed by atoms with Gasteiger partial charge in [-0.05, 0) is 39.0 Å². The van der Waals surface area contributed by atoms with Crippen molar-refractivity contribution < 1.29 is 16.8 Å². The SMILES string of the molecule is CC(C)(C(CC1CCCN(S(C)(=O)=O)C1)NN)S(C)(=O)=O. The number of hydrazine groups is 1. The van der Waals surface area contributed by atoms with E-state index in [1.807, 2.05) is 0 Å². The smallest absolute Gasteiger partial charge is 0.211 e. The first-order valence-electron chi connectivity index (χ1n) is 7.00. The van der Waals surface area contributed by atoms with Gasteiger partial charge in [0.25, 0.3) is 0 Å². The zero-order valence-corrected chi connectivity index (χ0v) is 14.8. The zero-order chi connectivity index (χ0) is 16.5. The first-order chi connectivity index (χ1) is 9.39. The second-order valence-electron chi connectivity index (χ2n) is 6.46. The van der Waals surface area contributed by atoms with Gasteiger partial charge < -0.3 is 0 Å². The van der Waals surface area contributed by atoms with Gasteiger partial charge in [0.2, 0.25) is 10.0 Å². The fourth-order valence-corrected chi connectivity index (χ4v) is 4.29. The molecule has 1 aliphatic heterocycles. The highest BCUT2D eigenvalue weighted by Crippen LogP contribution is 2.29. The van der Waals surface area contributed by atoms with Crippen LogP contribution in [-0.4, -0.2) is 57.5 Å². The van der Waals surface area contributed by atoms with Gasteiger partial charge in [-0.3, -0.25) is 11.3 Å². The quantitative estimate of drug-likeness (QED) is 0.507.